The number of nitrogens with one attached hydrogen (secondary N) is 1. The number of aryl methyl sites for hydroxylation is 1. The van der Waals surface area contributed by atoms with Gasteiger partial charge in [0, 0.05) is 22.3 Å². The Morgan fingerprint density at radius 1 is 0.967 bits per heavy atom. The summed E-state index contributed by atoms with van der Waals surface area (Å²) in [6.07, 6.45) is 1.63. The summed E-state index contributed by atoms with van der Waals surface area (Å²) in [6.45, 7) is 1.80. The minimum atomic E-state index is -0.812. The number of nitrogens with zero attached hydrogens (tertiary/aromatic N) is 2. The number of hydrogen-bond acceptors (Lipinski definition) is 4. The van der Waals surface area contributed by atoms with Crippen molar-refractivity contribution in [3.8, 4) is 0 Å². The van der Waals surface area contributed by atoms with Gasteiger partial charge < -0.3 is 5.32 Å². The molecule has 4 aromatic rings. The SMILES string of the molecule is Cc1cnc2ccc(C(=O)c3cccc(NC(=O)c4cccc(Cl)c4)c3F)cc2n1. The van der Waals surface area contributed by atoms with Crippen molar-refractivity contribution in [1.82, 2.24) is 9.97 Å². The summed E-state index contributed by atoms with van der Waals surface area (Å²) in [5.41, 5.74) is 2.21. The molecule has 0 aliphatic carbocycles. The topological polar surface area (TPSA) is 72.0 Å². The number of ketones is 1. The van der Waals surface area contributed by atoms with Crippen LogP contribution in [0.3, 0.4) is 0 Å². The van der Waals surface area contributed by atoms with Gasteiger partial charge in [-0.05, 0) is 55.5 Å². The molecule has 1 amide bonds. The van der Waals surface area contributed by atoms with Gasteiger partial charge in [0.2, 0.25) is 0 Å². The summed E-state index contributed by atoms with van der Waals surface area (Å²) in [7, 11) is 0. The molecule has 1 aromatic heterocycles. The zero-order chi connectivity index (χ0) is 21.3. The van der Waals surface area contributed by atoms with Crippen LogP contribution in [0, 0.1) is 12.7 Å². The first kappa shape index (κ1) is 19.7. The van der Waals surface area contributed by atoms with Gasteiger partial charge in [0.25, 0.3) is 5.91 Å². The molecule has 5 nitrogen and oxygen atoms in total. The molecule has 0 bridgehead atoms. The molecule has 0 fully saturated rings. The zero-order valence-corrected chi connectivity index (χ0v) is 16.6. The largest absolute Gasteiger partial charge is 0.319 e. The predicted octanol–water partition coefficient (Wildman–Crippen LogP) is 5.21. The highest BCUT2D eigenvalue weighted by atomic mass is 35.5. The van der Waals surface area contributed by atoms with Crippen LogP contribution < -0.4 is 5.32 Å². The van der Waals surface area contributed by atoms with Crippen molar-refractivity contribution in [3.63, 3.8) is 0 Å². The van der Waals surface area contributed by atoms with Crippen LogP contribution in [0.5, 0.6) is 0 Å². The van der Waals surface area contributed by atoms with Crippen LogP contribution in [0.25, 0.3) is 11.0 Å². The van der Waals surface area contributed by atoms with Crippen molar-refractivity contribution in [2.24, 2.45) is 0 Å². The molecule has 148 valence electrons. The maximum absolute atomic E-state index is 15.1. The van der Waals surface area contributed by atoms with E-state index in [1.807, 2.05) is 0 Å². The number of aromatic nitrogens is 2. The average Bonchev–Trinajstić information content (AvgIpc) is 2.74. The third-order valence-electron chi connectivity index (χ3n) is 4.50. The van der Waals surface area contributed by atoms with Crippen molar-refractivity contribution in [3.05, 3.63) is 100 Å². The van der Waals surface area contributed by atoms with Crippen LogP contribution in [-0.2, 0) is 0 Å². The van der Waals surface area contributed by atoms with Crippen molar-refractivity contribution in [1.29, 1.82) is 0 Å². The van der Waals surface area contributed by atoms with Crippen molar-refractivity contribution in [2.75, 3.05) is 5.32 Å². The van der Waals surface area contributed by atoms with Crippen LogP contribution in [0.1, 0.15) is 32.0 Å². The Bertz CT molecular complexity index is 1310. The van der Waals surface area contributed by atoms with Crippen molar-refractivity contribution in [2.45, 2.75) is 6.92 Å². The van der Waals surface area contributed by atoms with Gasteiger partial charge in [0.15, 0.2) is 11.6 Å². The van der Waals surface area contributed by atoms with E-state index in [0.29, 0.717) is 21.7 Å². The van der Waals surface area contributed by atoms with Crippen LogP contribution in [0.2, 0.25) is 5.02 Å². The monoisotopic (exact) mass is 419 g/mol. The standard InChI is InChI=1S/C23H15ClFN3O2/c1-13-12-26-18-9-8-14(11-20(18)27-13)22(29)17-6-3-7-19(21(17)25)28-23(30)15-4-2-5-16(24)10-15/h2-12H,1H3,(H,28,30). The van der Waals surface area contributed by atoms with E-state index in [1.54, 1.807) is 49.5 Å². The molecule has 0 unspecified atom stereocenters. The van der Waals surface area contributed by atoms with Crippen molar-refractivity contribution < 1.29 is 14.0 Å². The average molecular weight is 420 g/mol. The zero-order valence-electron chi connectivity index (χ0n) is 15.8. The summed E-state index contributed by atoms with van der Waals surface area (Å²) in [4.78, 5) is 33.9. The second-order valence-corrected chi connectivity index (χ2v) is 7.11. The Morgan fingerprint density at radius 3 is 2.57 bits per heavy atom. The summed E-state index contributed by atoms with van der Waals surface area (Å²) in [5, 5.41) is 2.88. The lowest BCUT2D eigenvalue weighted by molar-refractivity contribution is 0.101. The number of fused-ring (bicyclic) bond motifs is 1. The van der Waals surface area contributed by atoms with Gasteiger partial charge in [-0.25, -0.2) is 9.37 Å². The minimum absolute atomic E-state index is 0.0951. The van der Waals surface area contributed by atoms with Crippen LogP contribution >= 0.6 is 11.6 Å². The van der Waals surface area contributed by atoms with Gasteiger partial charge in [-0.2, -0.15) is 0 Å². The van der Waals surface area contributed by atoms with Crippen LogP contribution in [-0.4, -0.2) is 21.7 Å². The highest BCUT2D eigenvalue weighted by molar-refractivity contribution is 6.31. The fraction of sp³-hybridized carbons (Fsp3) is 0.0435. The molecule has 0 radical (unpaired) electrons. The molecule has 0 spiro atoms. The molecule has 7 heteroatoms. The molecular formula is C23H15ClFN3O2. The Hall–Kier alpha value is -3.64. The van der Waals surface area contributed by atoms with E-state index in [-0.39, 0.29) is 22.4 Å². The highest BCUT2D eigenvalue weighted by Crippen LogP contribution is 2.23. The number of benzene rings is 3. The second-order valence-electron chi connectivity index (χ2n) is 6.68. The Labute approximate surface area is 176 Å². The normalized spacial score (nSPS) is 10.8. The third-order valence-corrected chi connectivity index (χ3v) is 4.74. The molecule has 30 heavy (non-hydrogen) atoms. The lowest BCUT2D eigenvalue weighted by Crippen LogP contribution is -2.14. The lowest BCUT2D eigenvalue weighted by Gasteiger charge is -2.10. The molecule has 1 heterocycles. The van der Waals surface area contributed by atoms with Crippen molar-refractivity contribution >= 4 is 40.0 Å². The first-order valence-electron chi connectivity index (χ1n) is 9.06. The number of rotatable bonds is 4. The van der Waals surface area contributed by atoms with Crippen LogP contribution in [0.15, 0.2) is 66.9 Å². The predicted molar refractivity (Wildman–Crippen MR) is 114 cm³/mol. The maximum atomic E-state index is 15.1. The Morgan fingerprint density at radius 2 is 1.77 bits per heavy atom. The number of carbonyl (C=O) groups excluding carboxylic acids is 2. The third kappa shape index (κ3) is 3.90. The fourth-order valence-corrected chi connectivity index (χ4v) is 3.22. The summed E-state index contributed by atoms with van der Waals surface area (Å²) in [6, 6.07) is 15.4. The van der Waals surface area contributed by atoms with Gasteiger partial charge in [-0.15, -0.1) is 0 Å². The molecule has 0 aliphatic heterocycles. The molecule has 0 aliphatic rings. The molecule has 1 N–H and O–H groups in total. The number of halogens is 2. The molecule has 0 saturated carbocycles. The number of amides is 1. The van der Waals surface area contributed by atoms with Crippen LogP contribution in [0.4, 0.5) is 10.1 Å². The summed E-state index contributed by atoms with van der Waals surface area (Å²) in [5.74, 6) is -1.86. The second kappa shape index (κ2) is 8.00. The minimum Gasteiger partial charge on any atom is -0.319 e. The smallest absolute Gasteiger partial charge is 0.255 e. The van der Waals surface area contributed by atoms with Gasteiger partial charge in [0.1, 0.15) is 0 Å². The fourth-order valence-electron chi connectivity index (χ4n) is 3.03. The molecule has 4 rings (SSSR count). The van der Waals surface area contributed by atoms with E-state index in [4.69, 9.17) is 11.6 Å². The number of carbonyl (C=O) groups is 2. The Kier molecular flexibility index (Phi) is 5.25. The summed E-state index contributed by atoms with van der Waals surface area (Å²) < 4.78 is 15.1. The number of hydrogen-bond donors (Lipinski definition) is 1. The van der Waals surface area contributed by atoms with E-state index in [1.165, 1.54) is 24.3 Å². The Balaban J connectivity index is 1.65. The number of anilines is 1. The van der Waals surface area contributed by atoms with E-state index in [9.17, 15) is 9.59 Å². The maximum Gasteiger partial charge on any atom is 0.255 e. The van der Waals surface area contributed by atoms with Gasteiger partial charge >= 0.3 is 0 Å². The molecule has 0 atom stereocenters. The molecule has 0 saturated heterocycles. The van der Waals surface area contributed by atoms with Gasteiger partial charge in [-0.1, -0.05) is 23.7 Å². The van der Waals surface area contributed by atoms with E-state index < -0.39 is 17.5 Å². The molecular weight excluding hydrogens is 405 g/mol. The van der Waals surface area contributed by atoms with E-state index in [2.05, 4.69) is 15.3 Å². The first-order chi connectivity index (χ1) is 14.4. The van der Waals surface area contributed by atoms with E-state index in [0.717, 1.165) is 0 Å². The van der Waals surface area contributed by atoms with Gasteiger partial charge in [0.05, 0.1) is 28.0 Å². The quantitative estimate of drug-likeness (QED) is 0.461. The molecule has 3 aromatic carbocycles. The van der Waals surface area contributed by atoms with E-state index >= 15 is 4.39 Å². The summed E-state index contributed by atoms with van der Waals surface area (Å²) >= 11 is 5.90. The highest BCUT2D eigenvalue weighted by Gasteiger charge is 2.19. The lowest BCUT2D eigenvalue weighted by atomic mass is 10.0. The first-order valence-corrected chi connectivity index (χ1v) is 9.44. The van der Waals surface area contributed by atoms with Gasteiger partial charge in [-0.3, -0.25) is 14.6 Å².